The number of nitrogens with zero attached hydrogens (tertiary/aromatic N) is 3. The van der Waals surface area contributed by atoms with Crippen LogP contribution in [-0.4, -0.2) is 9.97 Å². The van der Waals surface area contributed by atoms with E-state index in [0.717, 1.165) is 4.88 Å². The molecular formula is C9H3Cl2N3S. The standard InChI is InChI=1S/C9H3Cl2N3S/c10-7-2-1-6(15-7)9-13-4-5(3-12)8(11)14-9/h1-2,4H. The quantitative estimate of drug-likeness (QED) is 0.735. The Kier molecular flexibility index (Phi) is 2.87. The molecule has 6 heteroatoms. The Hall–Kier alpha value is -1.15. The first-order valence-electron chi connectivity index (χ1n) is 3.89. The fourth-order valence-electron chi connectivity index (χ4n) is 0.989. The van der Waals surface area contributed by atoms with Gasteiger partial charge in [0.2, 0.25) is 0 Å². The zero-order valence-electron chi connectivity index (χ0n) is 7.24. The van der Waals surface area contributed by atoms with Crippen LogP contribution in [-0.2, 0) is 0 Å². The Morgan fingerprint density at radius 3 is 2.67 bits per heavy atom. The third kappa shape index (κ3) is 2.10. The zero-order valence-corrected chi connectivity index (χ0v) is 9.57. The monoisotopic (exact) mass is 255 g/mol. The molecule has 0 aliphatic rings. The third-order valence-corrected chi connectivity index (χ3v) is 3.17. The van der Waals surface area contributed by atoms with E-state index in [4.69, 9.17) is 28.5 Å². The van der Waals surface area contributed by atoms with Gasteiger partial charge in [-0.15, -0.1) is 11.3 Å². The molecule has 0 N–H and O–H groups in total. The number of hydrogen-bond acceptors (Lipinski definition) is 4. The predicted molar refractivity (Wildman–Crippen MR) is 60.1 cm³/mol. The molecule has 0 aromatic carbocycles. The van der Waals surface area contributed by atoms with Gasteiger partial charge in [0.15, 0.2) is 11.0 Å². The Morgan fingerprint density at radius 2 is 2.13 bits per heavy atom. The van der Waals surface area contributed by atoms with Crippen molar-refractivity contribution >= 4 is 34.5 Å². The van der Waals surface area contributed by atoms with Crippen LogP contribution in [0, 0.1) is 11.3 Å². The maximum absolute atomic E-state index is 8.65. The van der Waals surface area contributed by atoms with Crippen LogP contribution in [0.3, 0.4) is 0 Å². The first kappa shape index (κ1) is 10.4. The molecule has 2 rings (SSSR count). The number of halogens is 2. The van der Waals surface area contributed by atoms with Crippen LogP contribution in [0.15, 0.2) is 18.3 Å². The number of nitriles is 1. The van der Waals surface area contributed by atoms with E-state index in [1.807, 2.05) is 12.1 Å². The molecule has 0 aliphatic heterocycles. The topological polar surface area (TPSA) is 49.6 Å². The van der Waals surface area contributed by atoms with Crippen molar-refractivity contribution in [2.75, 3.05) is 0 Å². The molecule has 0 aliphatic carbocycles. The van der Waals surface area contributed by atoms with E-state index in [2.05, 4.69) is 9.97 Å². The van der Waals surface area contributed by atoms with Gasteiger partial charge in [0.05, 0.1) is 15.4 Å². The number of thiophene rings is 1. The van der Waals surface area contributed by atoms with Crippen molar-refractivity contribution in [2.45, 2.75) is 0 Å². The van der Waals surface area contributed by atoms with E-state index in [9.17, 15) is 0 Å². The summed E-state index contributed by atoms with van der Waals surface area (Å²) in [4.78, 5) is 8.86. The second-order valence-electron chi connectivity index (χ2n) is 2.61. The van der Waals surface area contributed by atoms with Gasteiger partial charge in [-0.25, -0.2) is 9.97 Å². The van der Waals surface area contributed by atoms with Gasteiger partial charge in [-0.1, -0.05) is 23.2 Å². The minimum Gasteiger partial charge on any atom is -0.234 e. The summed E-state index contributed by atoms with van der Waals surface area (Å²) in [6.07, 6.45) is 1.40. The van der Waals surface area contributed by atoms with Crippen molar-refractivity contribution in [1.29, 1.82) is 5.26 Å². The summed E-state index contributed by atoms with van der Waals surface area (Å²) in [5.41, 5.74) is 0.267. The van der Waals surface area contributed by atoms with Gasteiger partial charge in [-0.2, -0.15) is 5.26 Å². The SMILES string of the molecule is N#Cc1cnc(-c2ccc(Cl)s2)nc1Cl. The Balaban J connectivity index is 2.48. The molecule has 2 aromatic heterocycles. The maximum Gasteiger partial charge on any atom is 0.171 e. The molecule has 2 heterocycles. The van der Waals surface area contributed by atoms with Gasteiger partial charge in [0.25, 0.3) is 0 Å². The van der Waals surface area contributed by atoms with E-state index < -0.39 is 0 Å². The lowest BCUT2D eigenvalue weighted by Crippen LogP contribution is -1.90. The molecule has 0 fully saturated rings. The molecular weight excluding hydrogens is 253 g/mol. The lowest BCUT2D eigenvalue weighted by atomic mass is 10.3. The fraction of sp³-hybridized carbons (Fsp3) is 0. The second-order valence-corrected chi connectivity index (χ2v) is 4.69. The lowest BCUT2D eigenvalue weighted by Gasteiger charge is -1.97. The molecule has 2 aromatic rings. The van der Waals surface area contributed by atoms with Crippen LogP contribution < -0.4 is 0 Å². The molecule has 0 radical (unpaired) electrons. The van der Waals surface area contributed by atoms with Gasteiger partial charge in [-0.3, -0.25) is 0 Å². The molecule has 0 bridgehead atoms. The summed E-state index contributed by atoms with van der Waals surface area (Å²) in [5, 5.41) is 8.81. The molecule has 0 saturated carbocycles. The molecule has 15 heavy (non-hydrogen) atoms. The maximum atomic E-state index is 8.65. The first-order chi connectivity index (χ1) is 7.20. The van der Waals surface area contributed by atoms with E-state index >= 15 is 0 Å². The number of aromatic nitrogens is 2. The summed E-state index contributed by atoms with van der Waals surface area (Å²) in [7, 11) is 0. The largest absolute Gasteiger partial charge is 0.234 e. The number of rotatable bonds is 1. The molecule has 74 valence electrons. The Labute approximate surface area is 99.9 Å². The summed E-state index contributed by atoms with van der Waals surface area (Å²) in [6.45, 7) is 0. The Bertz CT molecular complexity index is 545. The van der Waals surface area contributed by atoms with Crippen LogP contribution in [0.2, 0.25) is 9.49 Å². The average Bonchev–Trinajstić information content (AvgIpc) is 2.65. The minimum atomic E-state index is 0.159. The molecule has 0 atom stereocenters. The summed E-state index contributed by atoms with van der Waals surface area (Å²) < 4.78 is 0.661. The zero-order chi connectivity index (χ0) is 10.8. The molecule has 0 spiro atoms. The summed E-state index contributed by atoms with van der Waals surface area (Å²) in [6, 6.07) is 5.47. The van der Waals surface area contributed by atoms with E-state index in [0.29, 0.717) is 10.2 Å². The van der Waals surface area contributed by atoms with Crippen LogP contribution in [0.5, 0.6) is 0 Å². The normalized spacial score (nSPS) is 9.93. The van der Waals surface area contributed by atoms with Gasteiger partial charge in [0.1, 0.15) is 11.6 Å². The van der Waals surface area contributed by atoms with Crippen molar-refractivity contribution in [3.63, 3.8) is 0 Å². The highest BCUT2D eigenvalue weighted by molar-refractivity contribution is 7.19. The van der Waals surface area contributed by atoms with E-state index in [1.165, 1.54) is 17.5 Å². The average molecular weight is 256 g/mol. The van der Waals surface area contributed by atoms with Crippen molar-refractivity contribution in [1.82, 2.24) is 9.97 Å². The first-order valence-corrected chi connectivity index (χ1v) is 5.46. The molecule has 0 unspecified atom stereocenters. The van der Waals surface area contributed by atoms with E-state index in [-0.39, 0.29) is 10.7 Å². The highest BCUT2D eigenvalue weighted by Crippen LogP contribution is 2.29. The van der Waals surface area contributed by atoms with E-state index in [1.54, 1.807) is 6.07 Å². The summed E-state index contributed by atoms with van der Waals surface area (Å²) >= 11 is 12.9. The van der Waals surface area contributed by atoms with Crippen molar-refractivity contribution in [3.8, 4) is 16.8 Å². The molecule has 0 amide bonds. The molecule has 0 saturated heterocycles. The predicted octanol–water partition coefficient (Wildman–Crippen LogP) is 3.38. The number of hydrogen-bond donors (Lipinski definition) is 0. The van der Waals surface area contributed by atoms with Gasteiger partial charge < -0.3 is 0 Å². The van der Waals surface area contributed by atoms with Crippen LogP contribution in [0.4, 0.5) is 0 Å². The van der Waals surface area contributed by atoms with Crippen molar-refractivity contribution in [3.05, 3.63) is 33.4 Å². The van der Waals surface area contributed by atoms with Gasteiger partial charge >= 0.3 is 0 Å². The van der Waals surface area contributed by atoms with Crippen molar-refractivity contribution < 1.29 is 0 Å². The van der Waals surface area contributed by atoms with Crippen LogP contribution >= 0.6 is 34.5 Å². The fourth-order valence-corrected chi connectivity index (χ4v) is 2.14. The van der Waals surface area contributed by atoms with Crippen LogP contribution in [0.25, 0.3) is 10.7 Å². The second kappa shape index (κ2) is 4.15. The van der Waals surface area contributed by atoms with Gasteiger partial charge in [-0.05, 0) is 12.1 Å². The van der Waals surface area contributed by atoms with Crippen LogP contribution in [0.1, 0.15) is 5.56 Å². The lowest BCUT2D eigenvalue weighted by molar-refractivity contribution is 1.17. The minimum absolute atomic E-state index is 0.159. The Morgan fingerprint density at radius 1 is 1.33 bits per heavy atom. The highest BCUT2D eigenvalue weighted by Gasteiger charge is 2.08. The molecule has 3 nitrogen and oxygen atoms in total. The summed E-state index contributed by atoms with van der Waals surface area (Å²) in [5.74, 6) is 0.482. The third-order valence-electron chi connectivity index (χ3n) is 1.66. The van der Waals surface area contributed by atoms with Gasteiger partial charge in [0, 0.05) is 0 Å². The smallest absolute Gasteiger partial charge is 0.171 e. The van der Waals surface area contributed by atoms with Crippen molar-refractivity contribution in [2.24, 2.45) is 0 Å². The highest BCUT2D eigenvalue weighted by atomic mass is 35.5.